The van der Waals surface area contributed by atoms with Gasteiger partial charge in [0.25, 0.3) is 0 Å². The first kappa shape index (κ1) is 10.5. The highest BCUT2D eigenvalue weighted by Crippen LogP contribution is 2.16. The zero-order valence-corrected chi connectivity index (χ0v) is 8.96. The van der Waals surface area contributed by atoms with Crippen molar-refractivity contribution in [2.75, 3.05) is 25.4 Å². The van der Waals surface area contributed by atoms with Gasteiger partial charge in [-0.1, -0.05) is 0 Å². The molecule has 0 aromatic rings. The summed E-state index contributed by atoms with van der Waals surface area (Å²) in [6.07, 6.45) is 1.80. The van der Waals surface area contributed by atoms with E-state index in [0.29, 0.717) is 18.8 Å². The van der Waals surface area contributed by atoms with E-state index in [2.05, 4.69) is 5.32 Å². The van der Waals surface area contributed by atoms with Crippen LogP contribution in [0.3, 0.4) is 0 Å². The maximum Gasteiger partial charge on any atom is 0.0820 e. The van der Waals surface area contributed by atoms with E-state index in [9.17, 15) is 9.32 Å². The number of ether oxygens (including phenoxy) is 1. The Morgan fingerprint density at radius 2 is 2.36 bits per heavy atom. The Morgan fingerprint density at radius 1 is 1.50 bits per heavy atom. The van der Waals surface area contributed by atoms with Crippen molar-refractivity contribution in [1.82, 2.24) is 5.32 Å². The maximum absolute atomic E-state index is 11.8. The van der Waals surface area contributed by atoms with Crippen molar-refractivity contribution in [3.63, 3.8) is 0 Å². The van der Waals surface area contributed by atoms with Crippen molar-refractivity contribution in [1.29, 1.82) is 0 Å². The summed E-state index contributed by atoms with van der Waals surface area (Å²) in [4.78, 5) is 0. The highest BCUT2D eigenvalue weighted by molar-refractivity contribution is 7.85. The van der Waals surface area contributed by atoms with Crippen LogP contribution in [0.1, 0.15) is 12.8 Å². The first-order valence-electron chi connectivity index (χ1n) is 5.15. The molecule has 0 spiro atoms. The minimum atomic E-state index is -0.953. The third-order valence-corrected chi connectivity index (χ3v) is 4.70. The standard InChI is InChI=1S/C9H17NO3S/c11-8-4-10-5-9(8)14(12)6-7-2-1-3-13-7/h7-11H,1-6H2. The molecule has 2 saturated heterocycles. The van der Waals surface area contributed by atoms with E-state index in [1.807, 2.05) is 0 Å². The van der Waals surface area contributed by atoms with Crippen LogP contribution in [0.15, 0.2) is 0 Å². The number of hydrogen-bond acceptors (Lipinski definition) is 4. The molecule has 4 nitrogen and oxygen atoms in total. The van der Waals surface area contributed by atoms with E-state index >= 15 is 0 Å². The van der Waals surface area contributed by atoms with Crippen LogP contribution in [0.5, 0.6) is 0 Å². The Bertz CT molecular complexity index is 218. The van der Waals surface area contributed by atoms with Gasteiger partial charge in [0.15, 0.2) is 0 Å². The minimum absolute atomic E-state index is 0.0980. The van der Waals surface area contributed by atoms with Crippen LogP contribution in [-0.2, 0) is 15.5 Å². The van der Waals surface area contributed by atoms with E-state index in [1.165, 1.54) is 0 Å². The molecule has 0 bridgehead atoms. The molecule has 2 rings (SSSR count). The molecule has 0 aliphatic carbocycles. The Balaban J connectivity index is 1.82. The summed E-state index contributed by atoms with van der Waals surface area (Å²) < 4.78 is 17.3. The molecule has 0 saturated carbocycles. The normalized spacial score (nSPS) is 40.2. The number of aliphatic hydroxyl groups is 1. The lowest BCUT2D eigenvalue weighted by molar-refractivity contribution is 0.127. The van der Waals surface area contributed by atoms with Gasteiger partial charge in [0.05, 0.1) is 23.2 Å². The number of rotatable bonds is 3. The predicted octanol–water partition coefficient (Wildman–Crippen LogP) is -0.753. The summed E-state index contributed by atoms with van der Waals surface area (Å²) in [6, 6.07) is 0. The van der Waals surface area contributed by atoms with Gasteiger partial charge < -0.3 is 15.2 Å². The average Bonchev–Trinajstić information content (AvgIpc) is 2.75. The van der Waals surface area contributed by atoms with Crippen LogP contribution < -0.4 is 5.32 Å². The molecule has 0 aromatic heterocycles. The van der Waals surface area contributed by atoms with E-state index < -0.39 is 16.9 Å². The zero-order valence-electron chi connectivity index (χ0n) is 8.15. The van der Waals surface area contributed by atoms with Gasteiger partial charge in [-0.15, -0.1) is 0 Å². The third-order valence-electron chi connectivity index (χ3n) is 2.84. The Labute approximate surface area is 86.5 Å². The van der Waals surface area contributed by atoms with Gasteiger partial charge in [0.1, 0.15) is 0 Å². The summed E-state index contributed by atoms with van der Waals surface area (Å²) >= 11 is 0. The molecule has 14 heavy (non-hydrogen) atoms. The quantitative estimate of drug-likeness (QED) is 0.655. The van der Waals surface area contributed by atoms with Crippen LogP contribution >= 0.6 is 0 Å². The molecule has 4 unspecified atom stereocenters. The molecule has 2 aliphatic rings. The molecule has 0 aromatic carbocycles. The van der Waals surface area contributed by atoms with E-state index in [0.717, 1.165) is 19.4 Å². The van der Waals surface area contributed by atoms with Crippen molar-refractivity contribution in [3.05, 3.63) is 0 Å². The fourth-order valence-corrected chi connectivity index (χ4v) is 3.62. The van der Waals surface area contributed by atoms with Crippen LogP contribution in [0, 0.1) is 0 Å². The van der Waals surface area contributed by atoms with Crippen LogP contribution in [0.25, 0.3) is 0 Å². The van der Waals surface area contributed by atoms with Crippen molar-refractivity contribution in [2.24, 2.45) is 0 Å². The van der Waals surface area contributed by atoms with E-state index in [1.54, 1.807) is 0 Å². The van der Waals surface area contributed by atoms with Crippen molar-refractivity contribution >= 4 is 10.8 Å². The smallest absolute Gasteiger partial charge is 0.0820 e. The Kier molecular flexibility index (Phi) is 3.54. The van der Waals surface area contributed by atoms with E-state index in [4.69, 9.17) is 4.74 Å². The minimum Gasteiger partial charge on any atom is -0.390 e. The van der Waals surface area contributed by atoms with Gasteiger partial charge in [0, 0.05) is 30.5 Å². The zero-order chi connectivity index (χ0) is 9.97. The third kappa shape index (κ3) is 2.34. The fourth-order valence-electron chi connectivity index (χ4n) is 1.99. The molecule has 82 valence electrons. The van der Waals surface area contributed by atoms with Crippen LogP contribution in [0.2, 0.25) is 0 Å². The average molecular weight is 219 g/mol. The largest absolute Gasteiger partial charge is 0.390 e. The number of hydrogen-bond donors (Lipinski definition) is 2. The van der Waals surface area contributed by atoms with E-state index in [-0.39, 0.29) is 11.4 Å². The molecule has 0 radical (unpaired) electrons. The number of aliphatic hydroxyl groups excluding tert-OH is 1. The van der Waals surface area contributed by atoms with Gasteiger partial charge in [-0.25, -0.2) is 0 Å². The number of β-amino-alcohol motifs (C(OH)–C–C–N with tert-alkyl or cyclic N) is 1. The summed E-state index contributed by atoms with van der Waals surface area (Å²) in [5, 5.41) is 12.5. The summed E-state index contributed by atoms with van der Waals surface area (Å²) in [7, 11) is -0.953. The van der Waals surface area contributed by atoms with Crippen molar-refractivity contribution < 1.29 is 14.1 Å². The second kappa shape index (κ2) is 4.70. The number of nitrogens with one attached hydrogen (secondary N) is 1. The lowest BCUT2D eigenvalue weighted by Crippen LogP contribution is -2.33. The highest BCUT2D eigenvalue weighted by atomic mass is 32.2. The molecular weight excluding hydrogens is 202 g/mol. The molecule has 2 heterocycles. The molecule has 0 amide bonds. The second-order valence-electron chi connectivity index (χ2n) is 3.95. The lowest BCUT2D eigenvalue weighted by Gasteiger charge is -2.15. The molecule has 2 aliphatic heterocycles. The summed E-state index contributed by atoms with van der Waals surface area (Å²) in [5.74, 6) is 0.587. The fraction of sp³-hybridized carbons (Fsp3) is 1.00. The lowest BCUT2D eigenvalue weighted by atomic mass is 10.3. The van der Waals surface area contributed by atoms with Crippen LogP contribution in [-0.4, -0.2) is 52.2 Å². The van der Waals surface area contributed by atoms with Crippen LogP contribution in [0.4, 0.5) is 0 Å². The van der Waals surface area contributed by atoms with Gasteiger partial charge in [-0.05, 0) is 12.8 Å². The molecule has 2 fully saturated rings. The Morgan fingerprint density at radius 3 is 2.93 bits per heavy atom. The maximum atomic E-state index is 11.8. The van der Waals surface area contributed by atoms with Gasteiger partial charge in [-0.2, -0.15) is 0 Å². The second-order valence-corrected chi connectivity index (χ2v) is 5.65. The monoisotopic (exact) mass is 219 g/mol. The molecule has 5 heteroatoms. The molecule has 2 N–H and O–H groups in total. The SMILES string of the molecule is O=S(CC1CCCO1)C1CNCC1O. The highest BCUT2D eigenvalue weighted by Gasteiger charge is 2.32. The van der Waals surface area contributed by atoms with Crippen molar-refractivity contribution in [3.8, 4) is 0 Å². The molecule has 4 atom stereocenters. The Hall–Kier alpha value is 0.0300. The van der Waals surface area contributed by atoms with Crippen molar-refractivity contribution in [2.45, 2.75) is 30.3 Å². The summed E-state index contributed by atoms with van der Waals surface area (Å²) in [5.41, 5.74) is 0. The van der Waals surface area contributed by atoms with Gasteiger partial charge in [0.2, 0.25) is 0 Å². The van der Waals surface area contributed by atoms with Gasteiger partial charge in [-0.3, -0.25) is 4.21 Å². The predicted molar refractivity (Wildman–Crippen MR) is 54.6 cm³/mol. The molecular formula is C9H17NO3S. The summed E-state index contributed by atoms with van der Waals surface area (Å²) in [6.45, 7) is 2.04. The topological polar surface area (TPSA) is 58.6 Å². The first-order valence-corrected chi connectivity index (χ1v) is 6.53. The van der Waals surface area contributed by atoms with Gasteiger partial charge >= 0.3 is 0 Å². The first-order chi connectivity index (χ1) is 6.77.